The molecule has 0 amide bonds. The molecule has 0 bridgehead atoms. The molecule has 0 aromatic heterocycles. The molecule has 1 aliphatic rings. The van der Waals surface area contributed by atoms with Crippen LogP contribution in [0.4, 0.5) is 0 Å². The number of nitrogens with zero attached hydrogens (tertiary/aromatic N) is 1. The van der Waals surface area contributed by atoms with Gasteiger partial charge in [0.15, 0.2) is 0 Å². The lowest BCUT2D eigenvalue weighted by Crippen LogP contribution is -2.28. The minimum atomic E-state index is -0.622. The van der Waals surface area contributed by atoms with E-state index < -0.39 is 5.60 Å². The standard InChI is InChI=1S/C15H23NO/c1-12-5-6-14(13(2)11-12)15(17)7-4-9-16(3)10-8-15/h5-6,11,17H,4,7-10H2,1-3H3. The van der Waals surface area contributed by atoms with Crippen molar-refractivity contribution in [2.24, 2.45) is 0 Å². The van der Waals surface area contributed by atoms with Crippen molar-refractivity contribution in [2.45, 2.75) is 38.7 Å². The zero-order valence-electron chi connectivity index (χ0n) is 11.2. The fourth-order valence-corrected chi connectivity index (χ4v) is 2.86. The smallest absolute Gasteiger partial charge is 0.0911 e. The number of benzene rings is 1. The fraction of sp³-hybridized carbons (Fsp3) is 0.600. The van der Waals surface area contributed by atoms with Crippen LogP contribution in [0, 0.1) is 13.8 Å². The minimum Gasteiger partial charge on any atom is -0.385 e. The lowest BCUT2D eigenvalue weighted by atomic mass is 9.84. The van der Waals surface area contributed by atoms with Gasteiger partial charge in [-0.2, -0.15) is 0 Å². The molecule has 2 rings (SSSR count). The quantitative estimate of drug-likeness (QED) is 0.806. The molecule has 0 radical (unpaired) electrons. The SMILES string of the molecule is Cc1ccc(C2(O)CCCN(C)CC2)c(C)c1. The van der Waals surface area contributed by atoms with Gasteiger partial charge in [0.2, 0.25) is 0 Å². The van der Waals surface area contributed by atoms with E-state index in [9.17, 15) is 5.11 Å². The molecule has 1 aromatic rings. The molecule has 1 aromatic carbocycles. The minimum absolute atomic E-state index is 0.622. The summed E-state index contributed by atoms with van der Waals surface area (Å²) in [6.07, 6.45) is 2.79. The monoisotopic (exact) mass is 233 g/mol. The van der Waals surface area contributed by atoms with E-state index in [0.29, 0.717) is 0 Å². The topological polar surface area (TPSA) is 23.5 Å². The molecule has 0 aliphatic carbocycles. The third kappa shape index (κ3) is 2.70. The van der Waals surface area contributed by atoms with Crippen molar-refractivity contribution in [2.75, 3.05) is 20.1 Å². The first kappa shape index (κ1) is 12.6. The van der Waals surface area contributed by atoms with Gasteiger partial charge in [0.25, 0.3) is 0 Å². The van der Waals surface area contributed by atoms with Crippen LogP contribution >= 0.6 is 0 Å². The van der Waals surface area contributed by atoms with E-state index in [1.165, 1.54) is 11.1 Å². The van der Waals surface area contributed by atoms with E-state index in [0.717, 1.165) is 37.9 Å². The molecule has 2 nitrogen and oxygen atoms in total. The molecule has 0 spiro atoms. The van der Waals surface area contributed by atoms with Gasteiger partial charge in [-0.1, -0.05) is 23.8 Å². The van der Waals surface area contributed by atoms with E-state index in [1.807, 2.05) is 0 Å². The highest BCUT2D eigenvalue weighted by atomic mass is 16.3. The van der Waals surface area contributed by atoms with Gasteiger partial charge in [0.05, 0.1) is 5.60 Å². The van der Waals surface area contributed by atoms with Crippen molar-refractivity contribution in [3.05, 3.63) is 34.9 Å². The van der Waals surface area contributed by atoms with Crippen molar-refractivity contribution in [1.29, 1.82) is 0 Å². The molecular formula is C15H23NO. The van der Waals surface area contributed by atoms with E-state index in [1.54, 1.807) is 0 Å². The molecule has 1 N–H and O–H groups in total. The Balaban J connectivity index is 2.30. The first-order valence-electron chi connectivity index (χ1n) is 6.50. The van der Waals surface area contributed by atoms with Crippen LogP contribution in [0.2, 0.25) is 0 Å². The summed E-state index contributed by atoms with van der Waals surface area (Å²) in [5.74, 6) is 0. The third-order valence-electron chi connectivity index (χ3n) is 3.92. The fourth-order valence-electron chi connectivity index (χ4n) is 2.86. The zero-order chi connectivity index (χ0) is 12.5. The summed E-state index contributed by atoms with van der Waals surface area (Å²) in [5.41, 5.74) is 2.98. The molecule has 1 aliphatic heterocycles. The number of likely N-dealkylation sites (tertiary alicyclic amines) is 1. The Kier molecular flexibility index (Phi) is 3.55. The van der Waals surface area contributed by atoms with Crippen LogP contribution in [-0.4, -0.2) is 30.1 Å². The molecule has 2 heteroatoms. The Morgan fingerprint density at radius 2 is 1.94 bits per heavy atom. The Labute approximate surface area is 104 Å². The van der Waals surface area contributed by atoms with Gasteiger partial charge in [-0.3, -0.25) is 0 Å². The van der Waals surface area contributed by atoms with E-state index in [4.69, 9.17) is 0 Å². The predicted molar refractivity (Wildman–Crippen MR) is 71.2 cm³/mol. The molecule has 94 valence electrons. The second-order valence-corrected chi connectivity index (χ2v) is 5.51. The van der Waals surface area contributed by atoms with Crippen LogP contribution in [0.1, 0.15) is 36.0 Å². The summed E-state index contributed by atoms with van der Waals surface area (Å²) in [6, 6.07) is 6.38. The summed E-state index contributed by atoms with van der Waals surface area (Å²) in [7, 11) is 2.13. The molecule has 17 heavy (non-hydrogen) atoms. The van der Waals surface area contributed by atoms with Crippen LogP contribution in [-0.2, 0) is 5.60 Å². The highest BCUT2D eigenvalue weighted by Gasteiger charge is 2.32. The number of aryl methyl sites for hydroxylation is 2. The molecular weight excluding hydrogens is 210 g/mol. The lowest BCUT2D eigenvalue weighted by Gasteiger charge is -2.29. The van der Waals surface area contributed by atoms with Crippen molar-refractivity contribution in [1.82, 2.24) is 4.90 Å². The normalized spacial score (nSPS) is 26.8. The maximum absolute atomic E-state index is 10.9. The van der Waals surface area contributed by atoms with Gasteiger partial charge in [-0.05, 0) is 57.8 Å². The summed E-state index contributed by atoms with van der Waals surface area (Å²) >= 11 is 0. The maximum atomic E-state index is 10.9. The van der Waals surface area contributed by atoms with Crippen molar-refractivity contribution < 1.29 is 5.11 Å². The van der Waals surface area contributed by atoms with Gasteiger partial charge in [0, 0.05) is 6.54 Å². The summed E-state index contributed by atoms with van der Waals surface area (Å²) < 4.78 is 0. The van der Waals surface area contributed by atoms with Gasteiger partial charge in [-0.25, -0.2) is 0 Å². The van der Waals surface area contributed by atoms with Crippen LogP contribution < -0.4 is 0 Å². The highest BCUT2D eigenvalue weighted by Crippen LogP contribution is 2.34. The first-order chi connectivity index (χ1) is 8.01. The summed E-state index contributed by atoms with van der Waals surface area (Å²) in [6.45, 7) is 6.27. The first-order valence-corrected chi connectivity index (χ1v) is 6.50. The van der Waals surface area contributed by atoms with Crippen LogP contribution in [0.5, 0.6) is 0 Å². The van der Waals surface area contributed by atoms with Gasteiger partial charge >= 0.3 is 0 Å². The van der Waals surface area contributed by atoms with Crippen molar-refractivity contribution in [3.8, 4) is 0 Å². The van der Waals surface area contributed by atoms with Gasteiger partial charge in [-0.15, -0.1) is 0 Å². The number of hydrogen-bond acceptors (Lipinski definition) is 2. The van der Waals surface area contributed by atoms with Crippen molar-refractivity contribution >= 4 is 0 Å². The molecule has 1 saturated heterocycles. The largest absolute Gasteiger partial charge is 0.385 e. The van der Waals surface area contributed by atoms with Crippen molar-refractivity contribution in [3.63, 3.8) is 0 Å². The Morgan fingerprint density at radius 3 is 2.65 bits per heavy atom. The molecule has 1 heterocycles. The van der Waals surface area contributed by atoms with Crippen LogP contribution in [0.25, 0.3) is 0 Å². The second kappa shape index (κ2) is 4.79. The van der Waals surface area contributed by atoms with Gasteiger partial charge < -0.3 is 10.0 Å². The number of aliphatic hydroxyl groups is 1. The molecule has 0 saturated carbocycles. The zero-order valence-corrected chi connectivity index (χ0v) is 11.2. The summed E-state index contributed by atoms with van der Waals surface area (Å²) in [4.78, 5) is 2.31. The van der Waals surface area contributed by atoms with Crippen LogP contribution in [0.15, 0.2) is 18.2 Å². The third-order valence-corrected chi connectivity index (χ3v) is 3.92. The predicted octanol–water partition coefficient (Wildman–Crippen LogP) is 2.61. The van der Waals surface area contributed by atoms with Gasteiger partial charge in [0.1, 0.15) is 0 Å². The summed E-state index contributed by atoms with van der Waals surface area (Å²) in [5, 5.41) is 10.9. The molecule has 1 unspecified atom stereocenters. The molecule has 1 atom stereocenters. The number of rotatable bonds is 1. The maximum Gasteiger partial charge on any atom is 0.0911 e. The average Bonchev–Trinajstić information content (AvgIpc) is 2.42. The second-order valence-electron chi connectivity index (χ2n) is 5.51. The van der Waals surface area contributed by atoms with Crippen LogP contribution in [0.3, 0.4) is 0 Å². The Bertz CT molecular complexity index is 402. The van der Waals surface area contributed by atoms with E-state index in [-0.39, 0.29) is 0 Å². The number of hydrogen-bond donors (Lipinski definition) is 1. The molecule has 1 fully saturated rings. The van der Waals surface area contributed by atoms with E-state index >= 15 is 0 Å². The van der Waals surface area contributed by atoms with E-state index in [2.05, 4.69) is 44.0 Å². The average molecular weight is 233 g/mol. The lowest BCUT2D eigenvalue weighted by molar-refractivity contribution is 0.0212. The Hall–Kier alpha value is -0.860. The Morgan fingerprint density at radius 1 is 1.18 bits per heavy atom. The highest BCUT2D eigenvalue weighted by molar-refractivity contribution is 5.35.